The molecule has 0 aliphatic heterocycles. The van der Waals surface area contributed by atoms with Crippen LogP contribution in [0, 0.1) is 0 Å². The summed E-state index contributed by atoms with van der Waals surface area (Å²) in [6.45, 7) is 0. The summed E-state index contributed by atoms with van der Waals surface area (Å²) in [5, 5.41) is 14.0. The lowest BCUT2D eigenvalue weighted by molar-refractivity contribution is 0.482. The van der Waals surface area contributed by atoms with Crippen LogP contribution in [-0.4, -0.2) is 21.1 Å². The normalized spacial score (nSPS) is 11.1. The minimum absolute atomic E-state index is 0.689. The number of rotatable bonds is 7. The van der Waals surface area contributed by atoms with Gasteiger partial charge in [-0.15, -0.1) is 10.2 Å². The first-order valence-corrected chi connectivity index (χ1v) is 10.3. The molecule has 0 aliphatic rings. The molecule has 1 heterocycles. The van der Waals surface area contributed by atoms with E-state index in [2.05, 4.69) is 15.3 Å². The first-order chi connectivity index (χ1) is 14.3. The molecule has 0 saturated carbocycles. The third kappa shape index (κ3) is 5.25. The second kappa shape index (κ2) is 9.41. The monoisotopic (exact) mass is 420 g/mol. The Bertz CT molecular complexity index is 1110. The van der Waals surface area contributed by atoms with Crippen molar-refractivity contribution in [3.8, 4) is 11.5 Å². The van der Waals surface area contributed by atoms with Crippen LogP contribution in [0.3, 0.4) is 0 Å². The van der Waals surface area contributed by atoms with E-state index in [4.69, 9.17) is 16.3 Å². The van der Waals surface area contributed by atoms with Crippen LogP contribution >= 0.6 is 23.4 Å². The van der Waals surface area contributed by atoms with E-state index in [0.717, 1.165) is 27.6 Å². The molecule has 0 spiro atoms. The van der Waals surface area contributed by atoms with Gasteiger partial charge in [0.05, 0.1) is 6.21 Å². The maximum Gasteiger partial charge on any atom is 0.212 e. The summed E-state index contributed by atoms with van der Waals surface area (Å²) in [5.74, 6) is 2.23. The van der Waals surface area contributed by atoms with Gasteiger partial charge in [0.2, 0.25) is 5.16 Å². The highest BCUT2D eigenvalue weighted by molar-refractivity contribution is 7.98. The largest absolute Gasteiger partial charge is 0.457 e. The Balaban J connectivity index is 1.44. The van der Waals surface area contributed by atoms with Gasteiger partial charge < -0.3 is 4.74 Å². The number of benzene rings is 3. The molecule has 7 heteroatoms. The summed E-state index contributed by atoms with van der Waals surface area (Å²) >= 11 is 7.75. The van der Waals surface area contributed by atoms with E-state index in [9.17, 15) is 0 Å². The lowest BCUT2D eigenvalue weighted by Gasteiger charge is -2.06. The molecule has 0 fully saturated rings. The molecule has 0 aliphatic carbocycles. The van der Waals surface area contributed by atoms with Crippen molar-refractivity contribution in [1.29, 1.82) is 0 Å². The maximum absolute atomic E-state index is 6.22. The minimum atomic E-state index is 0.689. The van der Waals surface area contributed by atoms with Gasteiger partial charge in [-0.2, -0.15) is 9.78 Å². The summed E-state index contributed by atoms with van der Waals surface area (Å²) in [4.78, 5) is 0. The van der Waals surface area contributed by atoms with Crippen molar-refractivity contribution in [1.82, 2.24) is 14.9 Å². The number of hydrogen-bond donors (Lipinski definition) is 0. The Morgan fingerprint density at radius 3 is 2.62 bits per heavy atom. The third-order valence-electron chi connectivity index (χ3n) is 3.98. The van der Waals surface area contributed by atoms with Gasteiger partial charge in [0, 0.05) is 10.8 Å². The fraction of sp³-hybridized carbons (Fsp3) is 0.0455. The first kappa shape index (κ1) is 19.2. The van der Waals surface area contributed by atoms with Crippen LogP contribution in [0.2, 0.25) is 5.02 Å². The number of halogens is 1. The molecule has 5 nitrogen and oxygen atoms in total. The number of thioether (sulfide) groups is 1. The number of hydrogen-bond acceptors (Lipinski definition) is 5. The van der Waals surface area contributed by atoms with Gasteiger partial charge >= 0.3 is 0 Å². The highest BCUT2D eigenvalue weighted by atomic mass is 35.5. The molecular weight excluding hydrogens is 404 g/mol. The summed E-state index contributed by atoms with van der Waals surface area (Å²) in [6.07, 6.45) is 3.33. The number of ether oxygens (including phenoxy) is 1. The molecule has 144 valence electrons. The van der Waals surface area contributed by atoms with Crippen LogP contribution < -0.4 is 4.74 Å². The van der Waals surface area contributed by atoms with Crippen molar-refractivity contribution in [2.45, 2.75) is 10.9 Å². The molecule has 0 atom stereocenters. The third-order valence-corrected chi connectivity index (χ3v) is 5.33. The SMILES string of the molecule is Clc1ccccc1CSc1nncn1/N=C/c1cccc(Oc2ccccc2)c1. The zero-order valence-electron chi connectivity index (χ0n) is 15.4. The Kier molecular flexibility index (Phi) is 6.24. The zero-order valence-corrected chi connectivity index (χ0v) is 16.9. The predicted octanol–water partition coefficient (Wildman–Crippen LogP) is 5.90. The van der Waals surface area contributed by atoms with Gasteiger partial charge in [-0.3, -0.25) is 0 Å². The molecular formula is C22H17ClN4OS. The van der Waals surface area contributed by atoms with Gasteiger partial charge in [-0.25, -0.2) is 0 Å². The second-order valence-electron chi connectivity index (χ2n) is 6.07. The van der Waals surface area contributed by atoms with Crippen LogP contribution in [0.1, 0.15) is 11.1 Å². The van der Waals surface area contributed by atoms with Crippen molar-refractivity contribution < 1.29 is 4.74 Å². The Labute approximate surface area is 178 Å². The molecule has 0 N–H and O–H groups in total. The van der Waals surface area contributed by atoms with Crippen LogP contribution in [0.15, 0.2) is 95.4 Å². The van der Waals surface area contributed by atoms with Gasteiger partial charge in [0.25, 0.3) is 0 Å². The lowest BCUT2D eigenvalue weighted by atomic mass is 10.2. The molecule has 0 saturated heterocycles. The van der Waals surface area contributed by atoms with Crippen molar-refractivity contribution >= 4 is 29.6 Å². The van der Waals surface area contributed by atoms with E-state index in [1.165, 1.54) is 11.8 Å². The van der Waals surface area contributed by atoms with Crippen LogP contribution in [-0.2, 0) is 5.75 Å². The molecule has 0 radical (unpaired) electrons. The number of para-hydroxylation sites is 1. The van der Waals surface area contributed by atoms with Gasteiger partial charge in [-0.1, -0.05) is 71.9 Å². The molecule has 0 amide bonds. The topological polar surface area (TPSA) is 52.3 Å². The Morgan fingerprint density at radius 2 is 1.76 bits per heavy atom. The van der Waals surface area contributed by atoms with E-state index in [1.807, 2.05) is 78.9 Å². The summed E-state index contributed by atoms with van der Waals surface area (Å²) < 4.78 is 7.51. The molecule has 4 aromatic rings. The van der Waals surface area contributed by atoms with Crippen LogP contribution in [0.5, 0.6) is 11.5 Å². The first-order valence-electron chi connectivity index (χ1n) is 8.91. The Morgan fingerprint density at radius 1 is 0.966 bits per heavy atom. The molecule has 0 bridgehead atoms. The fourth-order valence-corrected chi connectivity index (χ4v) is 3.71. The molecule has 1 aromatic heterocycles. The van der Waals surface area contributed by atoms with Gasteiger partial charge in [-0.05, 0) is 41.5 Å². The zero-order chi connectivity index (χ0) is 19.9. The van der Waals surface area contributed by atoms with Crippen molar-refractivity contribution in [3.63, 3.8) is 0 Å². The number of aromatic nitrogens is 3. The lowest BCUT2D eigenvalue weighted by Crippen LogP contribution is -1.93. The smallest absolute Gasteiger partial charge is 0.212 e. The molecule has 3 aromatic carbocycles. The highest BCUT2D eigenvalue weighted by Gasteiger charge is 2.06. The molecule has 4 rings (SSSR count). The second-order valence-corrected chi connectivity index (χ2v) is 7.42. The average molecular weight is 421 g/mol. The predicted molar refractivity (Wildman–Crippen MR) is 117 cm³/mol. The van der Waals surface area contributed by atoms with E-state index in [0.29, 0.717) is 10.9 Å². The highest BCUT2D eigenvalue weighted by Crippen LogP contribution is 2.25. The molecule has 29 heavy (non-hydrogen) atoms. The standard InChI is InChI=1S/C22H17ClN4OS/c23-21-12-5-4-8-18(21)15-29-22-26-24-16-27(22)25-14-17-7-6-11-20(13-17)28-19-9-2-1-3-10-19/h1-14,16H,15H2/b25-14+. The Hall–Kier alpha value is -3.09. The van der Waals surface area contributed by atoms with Crippen LogP contribution in [0.4, 0.5) is 0 Å². The van der Waals surface area contributed by atoms with Crippen LogP contribution in [0.25, 0.3) is 0 Å². The van der Waals surface area contributed by atoms with Crippen molar-refractivity contribution in [2.24, 2.45) is 5.10 Å². The van der Waals surface area contributed by atoms with E-state index in [-0.39, 0.29) is 0 Å². The average Bonchev–Trinajstić information content (AvgIpc) is 3.20. The van der Waals surface area contributed by atoms with Crippen molar-refractivity contribution in [3.05, 3.63) is 101 Å². The van der Waals surface area contributed by atoms with Gasteiger partial charge in [0.1, 0.15) is 17.8 Å². The minimum Gasteiger partial charge on any atom is -0.457 e. The van der Waals surface area contributed by atoms with E-state index in [1.54, 1.807) is 17.2 Å². The summed E-state index contributed by atoms with van der Waals surface area (Å²) in [7, 11) is 0. The van der Waals surface area contributed by atoms with Crippen molar-refractivity contribution in [2.75, 3.05) is 0 Å². The summed E-state index contributed by atoms with van der Waals surface area (Å²) in [5.41, 5.74) is 1.96. The summed E-state index contributed by atoms with van der Waals surface area (Å²) in [6, 6.07) is 25.2. The maximum atomic E-state index is 6.22. The van der Waals surface area contributed by atoms with Gasteiger partial charge in [0.15, 0.2) is 0 Å². The van der Waals surface area contributed by atoms with E-state index < -0.39 is 0 Å². The molecule has 0 unspecified atom stereocenters. The number of nitrogens with zero attached hydrogens (tertiary/aromatic N) is 4. The van der Waals surface area contributed by atoms with E-state index >= 15 is 0 Å². The quantitative estimate of drug-likeness (QED) is 0.276. The fourth-order valence-electron chi connectivity index (χ4n) is 2.56.